The summed E-state index contributed by atoms with van der Waals surface area (Å²) in [5.74, 6) is -1.44. The van der Waals surface area contributed by atoms with Crippen LogP contribution >= 0.6 is 0 Å². The first-order chi connectivity index (χ1) is 16.7. The summed E-state index contributed by atoms with van der Waals surface area (Å²) in [5, 5.41) is 2.10. The van der Waals surface area contributed by atoms with Crippen molar-refractivity contribution in [1.82, 2.24) is 9.62 Å². The lowest BCUT2D eigenvalue weighted by molar-refractivity contribution is -0.146. The number of carbonyl (C=O) groups excluding carboxylic acids is 3. The number of imide groups is 1. The summed E-state index contributed by atoms with van der Waals surface area (Å²) in [7, 11) is -3.57. The van der Waals surface area contributed by atoms with Crippen molar-refractivity contribution < 1.29 is 37.0 Å². The van der Waals surface area contributed by atoms with Gasteiger partial charge >= 0.3 is 5.97 Å². The molecule has 0 saturated heterocycles. The highest BCUT2D eigenvalue weighted by Gasteiger charge is 2.28. The lowest BCUT2D eigenvalue weighted by Gasteiger charge is -2.25. The largest absolute Gasteiger partial charge is 0.485 e. The predicted molar refractivity (Wildman–Crippen MR) is 126 cm³/mol. The van der Waals surface area contributed by atoms with E-state index < -0.39 is 40.5 Å². The molecule has 1 N–H and O–H groups in total. The van der Waals surface area contributed by atoms with Crippen molar-refractivity contribution in [2.24, 2.45) is 0 Å². The Hall–Kier alpha value is -3.70. The normalized spacial score (nSPS) is 15.1. The number of esters is 1. The highest BCUT2D eigenvalue weighted by atomic mass is 32.2. The number of benzene rings is 2. The average Bonchev–Trinajstić information content (AvgIpc) is 2.86. The maximum atomic E-state index is 12.5. The number of hydrogen-bond donors (Lipinski definition) is 1. The Kier molecular flexibility index (Phi) is 8.61. The molecule has 0 aromatic heterocycles. The van der Waals surface area contributed by atoms with Gasteiger partial charge in [0.15, 0.2) is 18.1 Å². The smallest absolute Gasteiger partial charge is 0.331 e. The summed E-state index contributed by atoms with van der Waals surface area (Å²) in [6.45, 7) is 3.52. The van der Waals surface area contributed by atoms with Gasteiger partial charge in [0.05, 0.1) is 4.90 Å². The van der Waals surface area contributed by atoms with Crippen LogP contribution in [0.4, 0.5) is 0 Å². The Balaban J connectivity index is 1.46. The second-order valence-electron chi connectivity index (χ2n) is 7.38. The molecule has 0 saturated carbocycles. The molecule has 186 valence electrons. The number of ether oxygens (including phenoxy) is 3. The van der Waals surface area contributed by atoms with E-state index in [1.807, 2.05) is 0 Å². The number of sulfonamides is 1. The zero-order valence-corrected chi connectivity index (χ0v) is 20.1. The minimum Gasteiger partial charge on any atom is -0.485 e. The minimum absolute atomic E-state index is 0.0618. The van der Waals surface area contributed by atoms with E-state index in [1.165, 1.54) is 22.5 Å². The zero-order chi connectivity index (χ0) is 25.4. The first-order valence-corrected chi connectivity index (χ1v) is 12.4. The van der Waals surface area contributed by atoms with Crippen LogP contribution in [-0.4, -0.2) is 62.9 Å². The third-order valence-electron chi connectivity index (χ3n) is 5.04. The number of carbonyl (C=O) groups is 3. The monoisotopic (exact) mass is 502 g/mol. The maximum Gasteiger partial charge on any atom is 0.331 e. The van der Waals surface area contributed by atoms with E-state index in [1.54, 1.807) is 50.2 Å². The molecular weight excluding hydrogens is 476 g/mol. The van der Waals surface area contributed by atoms with E-state index >= 15 is 0 Å². The van der Waals surface area contributed by atoms with Crippen LogP contribution in [0.3, 0.4) is 0 Å². The van der Waals surface area contributed by atoms with Crippen LogP contribution in [0.1, 0.15) is 19.4 Å². The van der Waals surface area contributed by atoms with Crippen LogP contribution in [0.25, 0.3) is 6.08 Å². The number of nitrogens with one attached hydrogen (secondary N) is 1. The van der Waals surface area contributed by atoms with E-state index in [0.717, 1.165) is 6.08 Å². The van der Waals surface area contributed by atoms with Gasteiger partial charge in [-0.05, 0) is 35.9 Å². The fourth-order valence-electron chi connectivity index (χ4n) is 3.22. The quantitative estimate of drug-likeness (QED) is 0.406. The number of amides is 2. The highest BCUT2D eigenvalue weighted by molar-refractivity contribution is 7.89. The first kappa shape index (κ1) is 25.9. The number of hydrogen-bond acceptors (Lipinski definition) is 8. The van der Waals surface area contributed by atoms with Gasteiger partial charge in [-0.2, -0.15) is 4.31 Å². The molecule has 0 bridgehead atoms. The van der Waals surface area contributed by atoms with Gasteiger partial charge in [0.1, 0.15) is 6.61 Å². The third-order valence-corrected chi connectivity index (χ3v) is 7.11. The van der Waals surface area contributed by atoms with Crippen LogP contribution < -0.4 is 14.8 Å². The minimum atomic E-state index is -3.57. The van der Waals surface area contributed by atoms with Crippen molar-refractivity contribution in [1.29, 1.82) is 0 Å². The summed E-state index contributed by atoms with van der Waals surface area (Å²) in [5.41, 5.74) is 0.565. The number of nitrogens with zero attached hydrogens (tertiary/aromatic N) is 1. The van der Waals surface area contributed by atoms with Crippen molar-refractivity contribution in [2.75, 3.05) is 26.3 Å². The molecule has 0 fully saturated rings. The lowest BCUT2D eigenvalue weighted by atomic mass is 10.2. The molecule has 2 amide bonds. The van der Waals surface area contributed by atoms with Gasteiger partial charge in [0.2, 0.25) is 16.1 Å². The van der Waals surface area contributed by atoms with Gasteiger partial charge in [0, 0.05) is 19.2 Å². The number of rotatable bonds is 9. The first-order valence-electron chi connectivity index (χ1n) is 10.9. The van der Waals surface area contributed by atoms with Crippen LogP contribution in [-0.2, 0) is 29.1 Å². The highest BCUT2D eigenvalue weighted by Crippen LogP contribution is 2.30. The van der Waals surface area contributed by atoms with E-state index in [9.17, 15) is 22.8 Å². The zero-order valence-electron chi connectivity index (χ0n) is 19.3. The van der Waals surface area contributed by atoms with Gasteiger partial charge < -0.3 is 14.2 Å². The molecule has 3 rings (SSSR count). The average molecular weight is 503 g/mol. The van der Waals surface area contributed by atoms with Crippen LogP contribution in [0.2, 0.25) is 0 Å². The summed E-state index contributed by atoms with van der Waals surface area (Å²) in [6.07, 6.45) is 1.50. The Morgan fingerprint density at radius 3 is 2.37 bits per heavy atom. The van der Waals surface area contributed by atoms with Gasteiger partial charge in [-0.1, -0.05) is 38.1 Å². The molecule has 1 aliphatic rings. The third kappa shape index (κ3) is 6.67. The molecule has 0 spiro atoms. The molecule has 0 aliphatic carbocycles. The molecule has 2 aromatic rings. The standard InChI is InChI=1S/C24H26N2O8S/c1-3-26(4-2)35(30,31)18-12-9-17(10-13-18)11-14-23(28)33-16-22(27)25-24(29)21-15-32-19-7-5-6-8-20(19)34-21/h5-14,21H,3-4,15-16H2,1-2H3,(H,25,27,29)/b14-11+. The molecule has 11 heteroatoms. The number of fused-ring (bicyclic) bond motifs is 1. The SMILES string of the molecule is CCN(CC)S(=O)(=O)c1ccc(/C=C/C(=O)OCC(=O)NC(=O)C2COc3ccccc3O2)cc1. The van der Waals surface area contributed by atoms with Crippen molar-refractivity contribution in [2.45, 2.75) is 24.8 Å². The second-order valence-corrected chi connectivity index (χ2v) is 9.31. The topological polar surface area (TPSA) is 128 Å². The van der Waals surface area contributed by atoms with Crippen molar-refractivity contribution >= 4 is 33.9 Å². The summed E-state index contributed by atoms with van der Waals surface area (Å²) in [4.78, 5) is 36.2. The van der Waals surface area contributed by atoms with E-state index in [-0.39, 0.29) is 11.5 Å². The molecule has 0 radical (unpaired) electrons. The molecule has 1 unspecified atom stereocenters. The van der Waals surface area contributed by atoms with Crippen molar-refractivity contribution in [3.8, 4) is 11.5 Å². The molecule has 1 aliphatic heterocycles. The fraction of sp³-hybridized carbons (Fsp3) is 0.292. The van der Waals surface area contributed by atoms with Crippen LogP contribution in [0.5, 0.6) is 11.5 Å². The van der Waals surface area contributed by atoms with Crippen molar-refractivity contribution in [3.63, 3.8) is 0 Å². The predicted octanol–water partition coefficient (Wildman–Crippen LogP) is 1.76. The van der Waals surface area contributed by atoms with E-state index in [4.69, 9.17) is 14.2 Å². The van der Waals surface area contributed by atoms with E-state index in [0.29, 0.717) is 30.2 Å². The Morgan fingerprint density at radius 1 is 1.06 bits per heavy atom. The van der Waals surface area contributed by atoms with Crippen molar-refractivity contribution in [3.05, 3.63) is 60.2 Å². The summed E-state index contributed by atoms with van der Waals surface area (Å²) >= 11 is 0. The Morgan fingerprint density at radius 2 is 1.71 bits per heavy atom. The van der Waals surface area contributed by atoms with E-state index in [2.05, 4.69) is 5.32 Å². The maximum absolute atomic E-state index is 12.5. The molecule has 1 atom stereocenters. The van der Waals surface area contributed by atoms with Crippen LogP contribution in [0, 0.1) is 0 Å². The summed E-state index contributed by atoms with van der Waals surface area (Å²) < 4.78 is 42.2. The summed E-state index contributed by atoms with van der Waals surface area (Å²) in [6, 6.07) is 12.8. The second kappa shape index (κ2) is 11.6. The Labute approximate surface area is 203 Å². The molecule has 1 heterocycles. The molecular formula is C24H26N2O8S. The molecule has 35 heavy (non-hydrogen) atoms. The lowest BCUT2D eigenvalue weighted by Crippen LogP contribution is -2.47. The number of para-hydroxylation sites is 2. The fourth-order valence-corrected chi connectivity index (χ4v) is 4.67. The molecule has 2 aromatic carbocycles. The van der Waals surface area contributed by atoms with Crippen LogP contribution in [0.15, 0.2) is 59.5 Å². The van der Waals surface area contributed by atoms with Gasteiger partial charge in [-0.3, -0.25) is 14.9 Å². The van der Waals surface area contributed by atoms with Gasteiger partial charge in [-0.25, -0.2) is 13.2 Å². The van der Waals surface area contributed by atoms with Gasteiger partial charge in [-0.15, -0.1) is 0 Å². The van der Waals surface area contributed by atoms with Gasteiger partial charge in [0.25, 0.3) is 11.8 Å². The Bertz CT molecular complexity index is 1200. The molecule has 10 nitrogen and oxygen atoms in total.